The van der Waals surface area contributed by atoms with Crippen molar-refractivity contribution in [3.63, 3.8) is 0 Å². The minimum Gasteiger partial charge on any atom is -0.365 e. The highest BCUT2D eigenvalue weighted by Crippen LogP contribution is 2.28. The maximum Gasteiger partial charge on any atom is 0.225 e. The number of carbonyl (C=O) groups is 1. The van der Waals surface area contributed by atoms with Gasteiger partial charge in [-0.2, -0.15) is 0 Å². The van der Waals surface area contributed by atoms with Gasteiger partial charge in [-0.25, -0.2) is 4.39 Å². The zero-order chi connectivity index (χ0) is 26.0. The molecule has 1 heterocycles. The lowest BCUT2D eigenvalue weighted by molar-refractivity contribution is -0.135. The van der Waals surface area contributed by atoms with Crippen LogP contribution in [0.1, 0.15) is 31.9 Å². The Hall–Kier alpha value is -2.15. The molecule has 7 heteroatoms. The van der Waals surface area contributed by atoms with E-state index in [0.717, 1.165) is 30.6 Å². The van der Waals surface area contributed by atoms with Crippen molar-refractivity contribution in [2.75, 3.05) is 58.3 Å². The average Bonchev–Trinajstić information content (AvgIpc) is 2.80. The summed E-state index contributed by atoms with van der Waals surface area (Å²) in [5.41, 5.74) is 8.06. The average molecular weight is 505 g/mol. The predicted octanol–water partition coefficient (Wildman–Crippen LogP) is 4.71. The molecule has 2 aromatic rings. The van der Waals surface area contributed by atoms with Crippen LogP contribution in [0, 0.1) is 17.7 Å². The van der Waals surface area contributed by atoms with Crippen molar-refractivity contribution in [1.29, 1.82) is 0 Å². The SMILES string of the molecule is CC(C)Cc1cccc(F)c1N1CCN(C(=O)C(C)Cc2ccc(Cl)cc2)CC1.CN(C)CCN. The summed E-state index contributed by atoms with van der Waals surface area (Å²) in [6, 6.07) is 13.0. The van der Waals surface area contributed by atoms with Gasteiger partial charge in [0.15, 0.2) is 0 Å². The fourth-order valence-corrected chi connectivity index (χ4v) is 4.43. The van der Waals surface area contributed by atoms with E-state index >= 15 is 0 Å². The van der Waals surface area contributed by atoms with Crippen molar-refractivity contribution in [1.82, 2.24) is 9.80 Å². The first-order valence-corrected chi connectivity index (χ1v) is 12.9. The van der Waals surface area contributed by atoms with Crippen LogP contribution in [-0.2, 0) is 17.6 Å². The highest BCUT2D eigenvalue weighted by molar-refractivity contribution is 6.30. The van der Waals surface area contributed by atoms with E-state index in [1.54, 1.807) is 6.07 Å². The number of para-hydroxylation sites is 1. The zero-order valence-corrected chi connectivity index (χ0v) is 22.7. The van der Waals surface area contributed by atoms with Gasteiger partial charge in [-0.15, -0.1) is 0 Å². The zero-order valence-electron chi connectivity index (χ0n) is 21.9. The van der Waals surface area contributed by atoms with E-state index in [4.69, 9.17) is 17.3 Å². The summed E-state index contributed by atoms with van der Waals surface area (Å²) in [4.78, 5) is 19.0. The number of amides is 1. The lowest BCUT2D eigenvalue weighted by Crippen LogP contribution is -2.50. The molecule has 1 aliphatic rings. The molecule has 0 saturated carbocycles. The number of hydrogen-bond donors (Lipinski definition) is 1. The Bertz CT molecular complexity index is 912. The van der Waals surface area contributed by atoms with Gasteiger partial charge >= 0.3 is 0 Å². The number of halogens is 2. The fraction of sp³-hybridized carbons (Fsp3) is 0.536. The molecular formula is C28H42ClFN4O. The standard InChI is InChI=1S/C24H30ClFN2O.C4H12N2/c1-17(2)15-20-5-4-6-22(26)23(20)27-11-13-28(14-12-27)24(29)18(3)16-19-7-9-21(25)10-8-19;1-6(2)4-3-5/h4-10,17-18H,11-16H2,1-3H3;3-5H2,1-2H3. The molecule has 1 unspecified atom stereocenters. The van der Waals surface area contributed by atoms with Gasteiger partial charge in [0.05, 0.1) is 5.69 Å². The van der Waals surface area contributed by atoms with Crippen LogP contribution in [0.2, 0.25) is 5.02 Å². The van der Waals surface area contributed by atoms with Crippen LogP contribution in [-0.4, -0.2) is 69.1 Å². The van der Waals surface area contributed by atoms with Crippen LogP contribution in [0.15, 0.2) is 42.5 Å². The van der Waals surface area contributed by atoms with Gasteiger partial charge in [0.1, 0.15) is 5.82 Å². The van der Waals surface area contributed by atoms with Gasteiger partial charge in [-0.3, -0.25) is 4.79 Å². The quantitative estimate of drug-likeness (QED) is 0.565. The van der Waals surface area contributed by atoms with Crippen LogP contribution in [0.25, 0.3) is 0 Å². The van der Waals surface area contributed by atoms with E-state index in [-0.39, 0.29) is 17.6 Å². The Morgan fingerprint density at radius 3 is 2.17 bits per heavy atom. The lowest BCUT2D eigenvalue weighted by atomic mass is 9.98. The molecule has 1 fully saturated rings. The largest absolute Gasteiger partial charge is 0.365 e. The molecule has 0 bridgehead atoms. The second-order valence-electron chi connectivity index (χ2n) is 9.98. The number of nitrogens with two attached hydrogens (primary N) is 1. The molecule has 2 N–H and O–H groups in total. The third-order valence-corrected chi connectivity index (χ3v) is 6.31. The topological polar surface area (TPSA) is 52.8 Å². The number of nitrogens with zero attached hydrogens (tertiary/aromatic N) is 3. The second-order valence-corrected chi connectivity index (χ2v) is 10.4. The molecule has 2 aromatic carbocycles. The van der Waals surface area contributed by atoms with Gasteiger partial charge in [0.2, 0.25) is 5.91 Å². The van der Waals surface area contributed by atoms with E-state index in [9.17, 15) is 9.18 Å². The molecule has 0 radical (unpaired) electrons. The first-order valence-electron chi connectivity index (χ1n) is 12.5. The van der Waals surface area contributed by atoms with Gasteiger partial charge in [0, 0.05) is 50.2 Å². The molecule has 0 aliphatic carbocycles. The number of likely N-dealkylation sites (N-methyl/N-ethyl adjacent to an activating group) is 1. The monoisotopic (exact) mass is 504 g/mol. The molecule has 1 aliphatic heterocycles. The number of piperazine rings is 1. The highest BCUT2D eigenvalue weighted by Gasteiger charge is 2.27. The second kappa shape index (κ2) is 14.4. The Kier molecular flexibility index (Phi) is 12.0. The van der Waals surface area contributed by atoms with Crippen LogP contribution >= 0.6 is 11.6 Å². The van der Waals surface area contributed by atoms with Crippen molar-refractivity contribution in [2.45, 2.75) is 33.6 Å². The number of rotatable bonds is 8. The molecule has 3 rings (SSSR count). The van der Waals surface area contributed by atoms with E-state index in [1.807, 2.05) is 56.3 Å². The maximum absolute atomic E-state index is 14.6. The van der Waals surface area contributed by atoms with Gasteiger partial charge < -0.3 is 20.4 Å². The minimum absolute atomic E-state index is 0.0901. The van der Waals surface area contributed by atoms with Gasteiger partial charge in [-0.1, -0.05) is 56.6 Å². The molecule has 194 valence electrons. The van der Waals surface area contributed by atoms with E-state index in [2.05, 4.69) is 23.6 Å². The molecule has 1 atom stereocenters. The van der Waals surface area contributed by atoms with Crippen molar-refractivity contribution >= 4 is 23.2 Å². The Morgan fingerprint density at radius 2 is 1.66 bits per heavy atom. The summed E-state index contributed by atoms with van der Waals surface area (Å²) in [6.45, 7) is 10.6. The minimum atomic E-state index is -0.168. The van der Waals surface area contributed by atoms with E-state index in [0.29, 0.717) is 49.2 Å². The lowest BCUT2D eigenvalue weighted by Gasteiger charge is -2.38. The van der Waals surface area contributed by atoms with E-state index < -0.39 is 0 Å². The third-order valence-electron chi connectivity index (χ3n) is 6.06. The normalized spacial score (nSPS) is 14.7. The number of anilines is 1. The van der Waals surface area contributed by atoms with Crippen LogP contribution < -0.4 is 10.6 Å². The fourth-order valence-electron chi connectivity index (χ4n) is 4.30. The highest BCUT2D eigenvalue weighted by atomic mass is 35.5. The number of benzene rings is 2. The van der Waals surface area contributed by atoms with Crippen molar-refractivity contribution < 1.29 is 9.18 Å². The summed E-state index contributed by atoms with van der Waals surface area (Å²) < 4.78 is 14.6. The number of hydrogen-bond acceptors (Lipinski definition) is 4. The molecule has 1 saturated heterocycles. The molecule has 5 nitrogen and oxygen atoms in total. The molecule has 0 spiro atoms. The molecular weight excluding hydrogens is 463 g/mol. The summed E-state index contributed by atoms with van der Waals surface area (Å²) in [5.74, 6) is 0.370. The first kappa shape index (κ1) is 29.1. The Labute approximate surface area is 216 Å². The van der Waals surface area contributed by atoms with Gasteiger partial charge in [0.25, 0.3) is 0 Å². The van der Waals surface area contributed by atoms with E-state index in [1.165, 1.54) is 6.07 Å². The number of carbonyl (C=O) groups excluding carboxylic acids is 1. The summed E-state index contributed by atoms with van der Waals surface area (Å²) in [6.07, 6.45) is 1.55. The van der Waals surface area contributed by atoms with Crippen molar-refractivity contribution in [3.05, 3.63) is 64.4 Å². The molecule has 0 aromatic heterocycles. The smallest absolute Gasteiger partial charge is 0.225 e. The van der Waals surface area contributed by atoms with Crippen molar-refractivity contribution in [3.8, 4) is 0 Å². The van der Waals surface area contributed by atoms with Gasteiger partial charge in [-0.05, 0) is 62.2 Å². The molecule has 35 heavy (non-hydrogen) atoms. The summed E-state index contributed by atoms with van der Waals surface area (Å²) in [7, 11) is 4.01. The maximum atomic E-state index is 14.6. The summed E-state index contributed by atoms with van der Waals surface area (Å²) >= 11 is 5.94. The Morgan fingerprint density at radius 1 is 1.03 bits per heavy atom. The third kappa shape index (κ3) is 9.43. The summed E-state index contributed by atoms with van der Waals surface area (Å²) in [5, 5.41) is 0.703. The molecule has 1 amide bonds. The van der Waals surface area contributed by atoms with Crippen molar-refractivity contribution in [2.24, 2.45) is 17.6 Å². The Balaban J connectivity index is 0.000000641. The predicted molar refractivity (Wildman–Crippen MR) is 146 cm³/mol. The van der Waals surface area contributed by atoms with Crippen LogP contribution in [0.5, 0.6) is 0 Å². The first-order chi connectivity index (χ1) is 16.6. The van der Waals surface area contributed by atoms with Crippen LogP contribution in [0.4, 0.5) is 10.1 Å². The van der Waals surface area contributed by atoms with Crippen LogP contribution in [0.3, 0.4) is 0 Å².